The Balaban J connectivity index is 0.000000595. The zero-order valence-corrected chi connectivity index (χ0v) is 24.4. The molecule has 0 atom stereocenters. The molecule has 6 rings (SSSR count). The highest BCUT2D eigenvalue weighted by molar-refractivity contribution is 6.07. The Bertz CT molecular complexity index is 1720. The molecule has 2 aliphatic heterocycles. The van der Waals surface area contributed by atoms with Crippen LogP contribution in [0.3, 0.4) is 0 Å². The number of fused-ring (bicyclic) bond motifs is 6. The zero-order chi connectivity index (χ0) is 29.0. The summed E-state index contributed by atoms with van der Waals surface area (Å²) < 4.78 is 35.1. The summed E-state index contributed by atoms with van der Waals surface area (Å²) in [5, 5.41) is 5.31. The van der Waals surface area contributed by atoms with E-state index < -0.39 is 10.2 Å². The van der Waals surface area contributed by atoms with Crippen LogP contribution in [0, 0.1) is 10.2 Å². The van der Waals surface area contributed by atoms with Crippen LogP contribution in [0.5, 0.6) is 0 Å². The number of benzene rings is 4. The van der Waals surface area contributed by atoms with Crippen molar-refractivity contribution in [1.82, 2.24) is 0 Å². The lowest BCUT2D eigenvalue weighted by Gasteiger charge is -2.24. The molecule has 0 saturated heterocycles. The molecule has 0 fully saturated rings. The monoisotopic (exact) mass is 557 g/mol. The number of anilines is 1. The first-order chi connectivity index (χ1) is 18.7. The topological polar surface area (TPSA) is 95.7 Å². The lowest BCUT2D eigenvalue weighted by atomic mass is 9.79. The van der Waals surface area contributed by atoms with Gasteiger partial charge >= 0.3 is 0 Å². The molecule has 4 aromatic rings. The quantitative estimate of drug-likeness (QED) is 0.379. The summed E-state index contributed by atoms with van der Waals surface area (Å²) in [7, 11) is -0.300. The average molecular weight is 558 g/mol. The minimum Gasteiger partial charge on any atom is -0.347 e. The molecule has 0 bridgehead atoms. The van der Waals surface area contributed by atoms with Gasteiger partial charge in [0, 0.05) is 41.6 Å². The summed E-state index contributed by atoms with van der Waals surface area (Å²) in [5.41, 5.74) is 7.94. The van der Waals surface area contributed by atoms with Gasteiger partial charge < -0.3 is 4.90 Å². The third-order valence-electron chi connectivity index (χ3n) is 8.30. The van der Waals surface area contributed by atoms with Gasteiger partial charge in [0.25, 0.3) is 0 Å². The van der Waals surface area contributed by atoms with Gasteiger partial charge in [0.05, 0.1) is 20.3 Å². The summed E-state index contributed by atoms with van der Waals surface area (Å²) >= 11 is 0. The predicted octanol–water partition coefficient (Wildman–Crippen LogP) is 3.74. The molecular weight excluding hydrogens is 524 g/mol. The van der Waals surface area contributed by atoms with E-state index in [4.69, 9.17) is 18.6 Å². The van der Waals surface area contributed by atoms with Crippen molar-refractivity contribution in [3.05, 3.63) is 108 Å². The van der Waals surface area contributed by atoms with E-state index in [2.05, 4.69) is 142 Å². The number of halogens is 1. The minimum atomic E-state index is -4.69. The molecule has 0 saturated carbocycles. The van der Waals surface area contributed by atoms with Crippen LogP contribution < -0.4 is 18.9 Å². The molecule has 0 amide bonds. The van der Waals surface area contributed by atoms with E-state index in [1.54, 1.807) is 0 Å². The maximum Gasteiger partial charge on any atom is 0.210 e. The highest BCUT2D eigenvalue weighted by Gasteiger charge is 2.44. The highest BCUT2D eigenvalue weighted by atomic mass is 35.7. The Morgan fingerprint density at radius 3 is 1.90 bits per heavy atom. The van der Waals surface area contributed by atoms with Gasteiger partial charge in [-0.3, -0.25) is 0 Å². The first-order valence-corrected chi connectivity index (χ1v) is 14.4. The highest BCUT2D eigenvalue weighted by Crippen LogP contribution is 2.50. The number of rotatable bonds is 2. The van der Waals surface area contributed by atoms with E-state index in [9.17, 15) is 0 Å². The number of hydrogen-bond acceptors (Lipinski definition) is 5. The van der Waals surface area contributed by atoms with E-state index in [1.807, 2.05) is 0 Å². The largest absolute Gasteiger partial charge is 0.347 e. The number of likely N-dealkylation sites (N-methyl/N-ethyl adjacent to an activating group) is 1. The summed E-state index contributed by atoms with van der Waals surface area (Å²) in [6, 6.07) is 26.5. The number of nitrogens with zero attached hydrogens (tertiary/aromatic N) is 2. The third kappa shape index (κ3) is 4.72. The van der Waals surface area contributed by atoms with E-state index in [-0.39, 0.29) is 10.8 Å². The Morgan fingerprint density at radius 1 is 0.775 bits per heavy atom. The molecule has 1 N–H and O–H groups in total. The van der Waals surface area contributed by atoms with Crippen molar-refractivity contribution in [2.24, 2.45) is 0 Å². The molecule has 0 radical (unpaired) electrons. The van der Waals surface area contributed by atoms with Crippen molar-refractivity contribution >= 4 is 38.6 Å². The second kappa shape index (κ2) is 9.84. The molecule has 2 aliphatic rings. The normalized spacial score (nSPS) is 18.4. The number of allylic oxidation sites excluding steroid dienone is 4. The fourth-order valence-corrected chi connectivity index (χ4v) is 6.62. The SMILES string of the molecule is CN1/C(=C/C=C/C2=[N+](C)c3ccc4ccccc4c3C2(C)C)C(C)(C)c2c1ccc1ccccc21.[O-][Cl+3]([O-])([O-])O. The molecule has 7 heteroatoms. The van der Waals surface area contributed by atoms with Crippen molar-refractivity contribution in [2.45, 2.75) is 38.5 Å². The van der Waals surface area contributed by atoms with Gasteiger partial charge in [0.15, 0.2) is 5.71 Å². The molecule has 0 aliphatic carbocycles. The van der Waals surface area contributed by atoms with Crippen LogP contribution >= 0.6 is 0 Å². The maximum atomic E-state index is 8.60. The molecule has 0 aromatic heterocycles. The molecule has 206 valence electrons. The van der Waals surface area contributed by atoms with Crippen molar-refractivity contribution in [3.8, 4) is 0 Å². The summed E-state index contributed by atoms with van der Waals surface area (Å²) in [6.07, 6.45) is 6.88. The van der Waals surface area contributed by atoms with Gasteiger partial charge in [0.2, 0.25) is 5.69 Å². The van der Waals surface area contributed by atoms with E-state index >= 15 is 0 Å². The van der Waals surface area contributed by atoms with Crippen molar-refractivity contribution in [3.63, 3.8) is 0 Å². The second-order valence-corrected chi connectivity index (χ2v) is 12.2. The third-order valence-corrected chi connectivity index (χ3v) is 8.30. The minimum absolute atomic E-state index is 0.0732. The zero-order valence-electron chi connectivity index (χ0n) is 23.6. The Kier molecular flexibility index (Phi) is 6.89. The molecule has 40 heavy (non-hydrogen) atoms. The standard InChI is InChI=1S/C33H33N2.ClHO4/c1-32(2)28(34(5)26-20-18-22-12-7-9-14-24(22)30(26)32)16-11-17-29-33(3,4)31-25-15-10-8-13-23(25)19-21-27(31)35(29)6;2-1(3,4)5/h7-21H,1-6H3;(H,2,3,4,5)/q+1;. The lowest BCUT2D eigenvalue weighted by Crippen LogP contribution is -2.58. The molecular formula is C33H34ClN2O4+. The second-order valence-electron chi connectivity index (χ2n) is 11.4. The summed E-state index contributed by atoms with van der Waals surface area (Å²) in [4.78, 5) is 2.36. The van der Waals surface area contributed by atoms with Crippen molar-refractivity contribution in [1.29, 1.82) is 0 Å². The summed E-state index contributed by atoms with van der Waals surface area (Å²) in [6.45, 7) is 9.40. The van der Waals surface area contributed by atoms with Crippen LogP contribution in [0.2, 0.25) is 0 Å². The van der Waals surface area contributed by atoms with E-state index in [0.29, 0.717) is 0 Å². The fraction of sp³-hybridized carbons (Fsp3) is 0.242. The number of hydrogen-bond donors (Lipinski definition) is 1. The smallest absolute Gasteiger partial charge is 0.210 e. The predicted molar refractivity (Wildman–Crippen MR) is 153 cm³/mol. The van der Waals surface area contributed by atoms with Gasteiger partial charge in [-0.15, -0.1) is 0 Å². The van der Waals surface area contributed by atoms with Crippen LogP contribution in [-0.4, -0.2) is 29.0 Å². The van der Waals surface area contributed by atoms with Gasteiger partial charge in [-0.25, -0.2) is 0 Å². The average Bonchev–Trinajstić information content (AvgIpc) is 3.21. The van der Waals surface area contributed by atoms with E-state index in [1.165, 1.54) is 55.5 Å². The first-order valence-electron chi connectivity index (χ1n) is 13.1. The van der Waals surface area contributed by atoms with Gasteiger partial charge in [-0.1, -0.05) is 74.5 Å². The summed E-state index contributed by atoms with van der Waals surface area (Å²) in [5.74, 6) is 0. The van der Waals surface area contributed by atoms with Crippen LogP contribution in [0.15, 0.2) is 96.7 Å². The van der Waals surface area contributed by atoms with Crippen LogP contribution in [0.4, 0.5) is 11.4 Å². The molecule has 2 heterocycles. The fourth-order valence-electron chi connectivity index (χ4n) is 6.62. The van der Waals surface area contributed by atoms with Crippen LogP contribution in [-0.2, 0) is 10.8 Å². The lowest BCUT2D eigenvalue weighted by molar-refractivity contribution is -1.92. The van der Waals surface area contributed by atoms with Crippen LogP contribution in [0.1, 0.15) is 38.8 Å². The van der Waals surface area contributed by atoms with Gasteiger partial charge in [-0.2, -0.15) is 18.6 Å². The molecule has 6 nitrogen and oxygen atoms in total. The van der Waals surface area contributed by atoms with Crippen molar-refractivity contribution < 1.29 is 33.5 Å². The molecule has 0 unspecified atom stereocenters. The maximum absolute atomic E-state index is 8.60. The Morgan fingerprint density at radius 2 is 1.30 bits per heavy atom. The molecule has 0 spiro atoms. The van der Waals surface area contributed by atoms with Crippen molar-refractivity contribution in [2.75, 3.05) is 19.0 Å². The van der Waals surface area contributed by atoms with E-state index in [0.717, 1.165) is 0 Å². The molecule has 4 aromatic carbocycles. The van der Waals surface area contributed by atoms with Gasteiger partial charge in [-0.05, 0) is 59.2 Å². The Hall–Kier alpha value is -3.52. The Labute approximate surface area is 237 Å². The first kappa shape index (κ1) is 28.0. The van der Waals surface area contributed by atoms with Gasteiger partial charge in [0.1, 0.15) is 7.05 Å². The van der Waals surface area contributed by atoms with Crippen LogP contribution in [0.25, 0.3) is 21.5 Å².